The van der Waals surface area contributed by atoms with Crippen LogP contribution in [0.15, 0.2) is 36.7 Å². The normalized spacial score (nSPS) is 10.5. The Morgan fingerprint density at radius 2 is 2.24 bits per heavy atom. The number of rotatable bonds is 5. The van der Waals surface area contributed by atoms with Crippen LogP contribution in [-0.2, 0) is 6.54 Å². The van der Waals surface area contributed by atoms with E-state index in [1.165, 1.54) is 0 Å². The van der Waals surface area contributed by atoms with E-state index in [0.717, 1.165) is 13.0 Å². The Bertz CT molecular complexity index is 484. The standard InChI is InChI=1S/C12H14ClN3O/c13-10-3-1-4-11(7-10)17-12-8-15-16(9-12)6-2-5-14/h1,3-4,7-9H,2,5-6,14H2. The van der Waals surface area contributed by atoms with E-state index in [1.54, 1.807) is 18.3 Å². The fourth-order valence-electron chi connectivity index (χ4n) is 1.44. The van der Waals surface area contributed by atoms with Crippen molar-refractivity contribution < 1.29 is 4.74 Å². The maximum Gasteiger partial charge on any atom is 0.165 e. The third kappa shape index (κ3) is 3.47. The van der Waals surface area contributed by atoms with E-state index in [2.05, 4.69) is 5.10 Å². The highest BCUT2D eigenvalue weighted by molar-refractivity contribution is 6.30. The molecule has 0 saturated heterocycles. The lowest BCUT2D eigenvalue weighted by atomic mass is 10.3. The van der Waals surface area contributed by atoms with Crippen molar-refractivity contribution in [2.75, 3.05) is 6.54 Å². The molecule has 4 nitrogen and oxygen atoms in total. The van der Waals surface area contributed by atoms with Crippen LogP contribution in [0.3, 0.4) is 0 Å². The van der Waals surface area contributed by atoms with Crippen LogP contribution in [0.25, 0.3) is 0 Å². The van der Waals surface area contributed by atoms with Crippen LogP contribution in [0.2, 0.25) is 5.02 Å². The van der Waals surface area contributed by atoms with Gasteiger partial charge in [-0.15, -0.1) is 0 Å². The molecule has 0 amide bonds. The number of hydrogen-bond donors (Lipinski definition) is 1. The molecule has 0 aliphatic rings. The molecule has 0 radical (unpaired) electrons. The van der Waals surface area contributed by atoms with Gasteiger partial charge in [0, 0.05) is 11.6 Å². The van der Waals surface area contributed by atoms with E-state index in [9.17, 15) is 0 Å². The highest BCUT2D eigenvalue weighted by atomic mass is 35.5. The molecule has 0 saturated carbocycles. The fourth-order valence-corrected chi connectivity index (χ4v) is 1.62. The Kier molecular flexibility index (Phi) is 4.01. The number of nitrogens with two attached hydrogens (primary N) is 1. The van der Waals surface area contributed by atoms with Crippen molar-refractivity contribution in [3.8, 4) is 11.5 Å². The molecule has 1 aromatic heterocycles. The second kappa shape index (κ2) is 5.70. The largest absolute Gasteiger partial charge is 0.454 e. The molecule has 0 bridgehead atoms. The molecular weight excluding hydrogens is 238 g/mol. The molecule has 0 unspecified atom stereocenters. The molecule has 2 N–H and O–H groups in total. The summed E-state index contributed by atoms with van der Waals surface area (Å²) in [5, 5.41) is 4.83. The van der Waals surface area contributed by atoms with E-state index in [1.807, 2.05) is 23.0 Å². The van der Waals surface area contributed by atoms with Crippen molar-refractivity contribution in [1.29, 1.82) is 0 Å². The highest BCUT2D eigenvalue weighted by Crippen LogP contribution is 2.23. The van der Waals surface area contributed by atoms with Gasteiger partial charge in [-0.05, 0) is 31.2 Å². The molecule has 1 heterocycles. The quantitative estimate of drug-likeness (QED) is 0.889. The smallest absolute Gasteiger partial charge is 0.165 e. The van der Waals surface area contributed by atoms with Crippen LogP contribution in [-0.4, -0.2) is 16.3 Å². The van der Waals surface area contributed by atoms with Gasteiger partial charge in [0.2, 0.25) is 0 Å². The molecule has 0 aliphatic carbocycles. The molecule has 2 rings (SSSR count). The average Bonchev–Trinajstić information content (AvgIpc) is 2.74. The summed E-state index contributed by atoms with van der Waals surface area (Å²) in [7, 11) is 0. The fraction of sp³-hybridized carbons (Fsp3) is 0.250. The minimum Gasteiger partial charge on any atom is -0.454 e. The van der Waals surface area contributed by atoms with E-state index < -0.39 is 0 Å². The van der Waals surface area contributed by atoms with Crippen molar-refractivity contribution in [3.05, 3.63) is 41.7 Å². The van der Waals surface area contributed by atoms with Crippen molar-refractivity contribution in [2.24, 2.45) is 5.73 Å². The first kappa shape index (κ1) is 12.0. The average molecular weight is 252 g/mol. The first-order valence-electron chi connectivity index (χ1n) is 5.44. The van der Waals surface area contributed by atoms with E-state index >= 15 is 0 Å². The van der Waals surface area contributed by atoms with Crippen LogP contribution in [0.5, 0.6) is 11.5 Å². The van der Waals surface area contributed by atoms with E-state index in [-0.39, 0.29) is 0 Å². The maximum absolute atomic E-state index is 5.87. The number of hydrogen-bond acceptors (Lipinski definition) is 3. The summed E-state index contributed by atoms with van der Waals surface area (Å²) >= 11 is 5.87. The highest BCUT2D eigenvalue weighted by Gasteiger charge is 2.01. The number of ether oxygens (including phenoxy) is 1. The minimum absolute atomic E-state index is 0.651. The molecule has 1 aromatic carbocycles. The van der Waals surface area contributed by atoms with Gasteiger partial charge in [0.05, 0.1) is 12.4 Å². The topological polar surface area (TPSA) is 53.1 Å². The maximum atomic E-state index is 5.87. The number of aryl methyl sites for hydroxylation is 1. The third-order valence-corrected chi connectivity index (χ3v) is 2.47. The van der Waals surface area contributed by atoms with Gasteiger partial charge >= 0.3 is 0 Å². The Morgan fingerprint density at radius 3 is 3.00 bits per heavy atom. The van der Waals surface area contributed by atoms with Gasteiger partial charge in [-0.1, -0.05) is 17.7 Å². The number of aromatic nitrogens is 2. The van der Waals surface area contributed by atoms with Gasteiger partial charge in [-0.3, -0.25) is 4.68 Å². The molecule has 17 heavy (non-hydrogen) atoms. The first-order valence-corrected chi connectivity index (χ1v) is 5.81. The van der Waals surface area contributed by atoms with Crippen molar-refractivity contribution in [2.45, 2.75) is 13.0 Å². The summed E-state index contributed by atoms with van der Waals surface area (Å²) in [5.74, 6) is 1.40. The molecule has 0 atom stereocenters. The predicted octanol–water partition coefficient (Wildman–Crippen LogP) is 2.68. The number of benzene rings is 1. The lowest BCUT2D eigenvalue weighted by Crippen LogP contribution is -2.05. The second-order valence-corrected chi connectivity index (χ2v) is 4.08. The molecule has 90 valence electrons. The minimum atomic E-state index is 0.651. The predicted molar refractivity (Wildman–Crippen MR) is 67.4 cm³/mol. The zero-order valence-electron chi connectivity index (χ0n) is 9.34. The number of halogens is 1. The lowest BCUT2D eigenvalue weighted by molar-refractivity contribution is 0.480. The molecule has 0 fully saturated rings. The molecular formula is C12H14ClN3O. The second-order valence-electron chi connectivity index (χ2n) is 3.64. The van der Waals surface area contributed by atoms with Gasteiger partial charge in [-0.2, -0.15) is 5.10 Å². The van der Waals surface area contributed by atoms with E-state index in [4.69, 9.17) is 22.1 Å². The van der Waals surface area contributed by atoms with Crippen molar-refractivity contribution in [1.82, 2.24) is 9.78 Å². The van der Waals surface area contributed by atoms with Crippen LogP contribution in [0.4, 0.5) is 0 Å². The lowest BCUT2D eigenvalue weighted by Gasteiger charge is -2.02. The Hall–Kier alpha value is -1.52. The molecule has 2 aromatic rings. The van der Waals surface area contributed by atoms with Crippen LogP contribution < -0.4 is 10.5 Å². The van der Waals surface area contributed by atoms with Crippen LogP contribution in [0.1, 0.15) is 6.42 Å². The first-order chi connectivity index (χ1) is 8.28. The SMILES string of the molecule is NCCCn1cc(Oc2cccc(Cl)c2)cn1. The summed E-state index contributed by atoms with van der Waals surface area (Å²) in [5.41, 5.74) is 5.44. The zero-order chi connectivity index (χ0) is 12.1. The van der Waals surface area contributed by atoms with Gasteiger partial charge in [0.15, 0.2) is 5.75 Å². The van der Waals surface area contributed by atoms with Gasteiger partial charge in [-0.25, -0.2) is 0 Å². The summed E-state index contributed by atoms with van der Waals surface area (Å²) in [4.78, 5) is 0. The Balaban J connectivity index is 2.01. The third-order valence-electron chi connectivity index (χ3n) is 2.23. The summed E-state index contributed by atoms with van der Waals surface area (Å²) < 4.78 is 7.43. The van der Waals surface area contributed by atoms with Gasteiger partial charge in [0.25, 0.3) is 0 Å². The Labute approximate surface area is 105 Å². The van der Waals surface area contributed by atoms with Crippen molar-refractivity contribution >= 4 is 11.6 Å². The van der Waals surface area contributed by atoms with Crippen molar-refractivity contribution in [3.63, 3.8) is 0 Å². The number of nitrogens with zero attached hydrogens (tertiary/aromatic N) is 2. The summed E-state index contributed by atoms with van der Waals surface area (Å²) in [6.45, 7) is 1.46. The van der Waals surface area contributed by atoms with Crippen LogP contribution in [0, 0.1) is 0 Å². The summed E-state index contributed by atoms with van der Waals surface area (Å²) in [6, 6.07) is 7.26. The van der Waals surface area contributed by atoms with Gasteiger partial charge < -0.3 is 10.5 Å². The molecule has 0 aliphatic heterocycles. The van der Waals surface area contributed by atoms with Gasteiger partial charge in [0.1, 0.15) is 5.75 Å². The zero-order valence-corrected chi connectivity index (χ0v) is 10.1. The van der Waals surface area contributed by atoms with Crippen LogP contribution >= 0.6 is 11.6 Å². The monoisotopic (exact) mass is 251 g/mol. The Morgan fingerprint density at radius 1 is 1.35 bits per heavy atom. The van der Waals surface area contributed by atoms with E-state index in [0.29, 0.717) is 23.1 Å². The molecule has 5 heteroatoms. The molecule has 0 spiro atoms. The summed E-state index contributed by atoms with van der Waals surface area (Å²) in [6.07, 6.45) is 4.42.